The summed E-state index contributed by atoms with van der Waals surface area (Å²) in [6.45, 7) is 1.80. The van der Waals surface area contributed by atoms with E-state index in [-0.39, 0.29) is 10.6 Å². The first-order valence-electron chi connectivity index (χ1n) is 6.54. The molecule has 0 aliphatic carbocycles. The molecule has 0 aromatic heterocycles. The van der Waals surface area contributed by atoms with Gasteiger partial charge in [-0.05, 0) is 30.9 Å². The standard InChI is InChI=1S/C13H20N2O4S/c1-18-11-2-3-13(12(14)8-11)20(16,17)15-9-10-4-6-19-7-5-10/h2-3,8,10,15H,4-7,9,14H2,1H3. The number of nitrogens with one attached hydrogen (secondary N) is 1. The minimum atomic E-state index is -3.59. The summed E-state index contributed by atoms with van der Waals surface area (Å²) in [7, 11) is -2.08. The third kappa shape index (κ3) is 3.62. The average Bonchev–Trinajstić information content (AvgIpc) is 2.46. The number of nitrogen functional groups attached to an aromatic ring is 1. The number of hydrogen-bond donors (Lipinski definition) is 2. The highest BCUT2D eigenvalue weighted by molar-refractivity contribution is 7.89. The highest BCUT2D eigenvalue weighted by atomic mass is 32.2. The maximum atomic E-state index is 12.2. The minimum absolute atomic E-state index is 0.0883. The van der Waals surface area contributed by atoms with Crippen molar-refractivity contribution in [2.75, 3.05) is 32.6 Å². The van der Waals surface area contributed by atoms with Crippen LogP contribution in [-0.4, -0.2) is 35.3 Å². The van der Waals surface area contributed by atoms with Gasteiger partial charge in [0.15, 0.2) is 0 Å². The second-order valence-corrected chi connectivity index (χ2v) is 6.55. The minimum Gasteiger partial charge on any atom is -0.497 e. The van der Waals surface area contributed by atoms with Gasteiger partial charge in [0.2, 0.25) is 10.0 Å². The molecule has 1 saturated heterocycles. The smallest absolute Gasteiger partial charge is 0.242 e. The van der Waals surface area contributed by atoms with Gasteiger partial charge in [0, 0.05) is 25.8 Å². The normalized spacial score (nSPS) is 17.1. The van der Waals surface area contributed by atoms with Crippen molar-refractivity contribution in [3.63, 3.8) is 0 Å². The van der Waals surface area contributed by atoms with E-state index in [0.29, 0.717) is 31.4 Å². The number of nitrogens with two attached hydrogens (primary N) is 1. The van der Waals surface area contributed by atoms with Crippen molar-refractivity contribution in [3.05, 3.63) is 18.2 Å². The Morgan fingerprint density at radius 3 is 2.70 bits per heavy atom. The van der Waals surface area contributed by atoms with Gasteiger partial charge in [0.25, 0.3) is 0 Å². The molecule has 7 heteroatoms. The Balaban J connectivity index is 2.05. The number of rotatable bonds is 5. The van der Waals surface area contributed by atoms with Gasteiger partial charge in [-0.1, -0.05) is 0 Å². The van der Waals surface area contributed by atoms with Crippen molar-refractivity contribution < 1.29 is 17.9 Å². The summed E-state index contributed by atoms with van der Waals surface area (Å²) >= 11 is 0. The van der Waals surface area contributed by atoms with Crippen molar-refractivity contribution in [1.82, 2.24) is 4.72 Å². The van der Waals surface area contributed by atoms with E-state index in [9.17, 15) is 8.42 Å². The second-order valence-electron chi connectivity index (χ2n) is 4.81. The zero-order valence-corrected chi connectivity index (χ0v) is 12.3. The van der Waals surface area contributed by atoms with E-state index in [2.05, 4.69) is 4.72 Å². The van der Waals surface area contributed by atoms with Crippen molar-refractivity contribution >= 4 is 15.7 Å². The molecule has 1 aromatic carbocycles. The summed E-state index contributed by atoms with van der Waals surface area (Å²) in [4.78, 5) is 0.0883. The topological polar surface area (TPSA) is 90.7 Å². The Labute approximate surface area is 119 Å². The van der Waals surface area contributed by atoms with Crippen LogP contribution in [0.25, 0.3) is 0 Å². The first-order valence-corrected chi connectivity index (χ1v) is 8.02. The Hall–Kier alpha value is -1.31. The van der Waals surface area contributed by atoms with E-state index in [0.717, 1.165) is 12.8 Å². The zero-order chi connectivity index (χ0) is 14.6. The van der Waals surface area contributed by atoms with Crippen molar-refractivity contribution in [2.24, 2.45) is 5.92 Å². The number of anilines is 1. The summed E-state index contributed by atoms with van der Waals surface area (Å²) in [6, 6.07) is 4.54. The molecule has 0 spiro atoms. The molecule has 3 N–H and O–H groups in total. The number of methoxy groups -OCH3 is 1. The fourth-order valence-corrected chi connectivity index (χ4v) is 3.38. The van der Waals surface area contributed by atoms with Crippen LogP contribution in [-0.2, 0) is 14.8 Å². The van der Waals surface area contributed by atoms with Crippen LogP contribution in [0.3, 0.4) is 0 Å². The van der Waals surface area contributed by atoms with Crippen LogP contribution in [0.15, 0.2) is 23.1 Å². The van der Waals surface area contributed by atoms with E-state index in [4.69, 9.17) is 15.2 Å². The predicted molar refractivity (Wildman–Crippen MR) is 76.1 cm³/mol. The molecule has 2 rings (SSSR count). The predicted octanol–water partition coefficient (Wildman–Crippen LogP) is 0.982. The highest BCUT2D eigenvalue weighted by Gasteiger charge is 2.21. The van der Waals surface area contributed by atoms with Gasteiger partial charge in [-0.15, -0.1) is 0 Å². The lowest BCUT2D eigenvalue weighted by Crippen LogP contribution is -2.32. The number of benzene rings is 1. The largest absolute Gasteiger partial charge is 0.497 e. The molecule has 0 radical (unpaired) electrons. The molecule has 112 valence electrons. The average molecular weight is 300 g/mol. The molecule has 1 aromatic rings. The monoisotopic (exact) mass is 300 g/mol. The van der Waals surface area contributed by atoms with E-state index in [1.165, 1.54) is 19.2 Å². The Kier molecular flexibility index (Phi) is 4.85. The van der Waals surface area contributed by atoms with Crippen LogP contribution in [0.1, 0.15) is 12.8 Å². The van der Waals surface area contributed by atoms with Crippen LogP contribution in [0.4, 0.5) is 5.69 Å². The van der Waals surface area contributed by atoms with Crippen molar-refractivity contribution in [3.8, 4) is 5.75 Å². The molecule has 1 aliphatic heterocycles. The van der Waals surface area contributed by atoms with Crippen molar-refractivity contribution in [2.45, 2.75) is 17.7 Å². The maximum Gasteiger partial charge on any atom is 0.242 e. The Morgan fingerprint density at radius 2 is 2.10 bits per heavy atom. The SMILES string of the molecule is COc1ccc(S(=O)(=O)NCC2CCOCC2)c(N)c1. The molecule has 0 atom stereocenters. The summed E-state index contributed by atoms with van der Waals surface area (Å²) < 4.78 is 37.3. The molecule has 0 unspecified atom stereocenters. The van der Waals surface area contributed by atoms with Crippen LogP contribution >= 0.6 is 0 Å². The molecule has 6 nitrogen and oxygen atoms in total. The molecule has 1 heterocycles. The van der Waals surface area contributed by atoms with E-state index in [1.807, 2.05) is 0 Å². The van der Waals surface area contributed by atoms with E-state index in [1.54, 1.807) is 6.07 Å². The van der Waals surface area contributed by atoms with Gasteiger partial charge in [0.1, 0.15) is 10.6 Å². The van der Waals surface area contributed by atoms with Gasteiger partial charge in [-0.2, -0.15) is 0 Å². The quantitative estimate of drug-likeness (QED) is 0.791. The molecular weight excluding hydrogens is 280 g/mol. The van der Waals surface area contributed by atoms with Crippen LogP contribution < -0.4 is 15.2 Å². The maximum absolute atomic E-state index is 12.2. The molecule has 0 saturated carbocycles. The molecule has 0 amide bonds. The molecule has 1 aliphatic rings. The van der Waals surface area contributed by atoms with Gasteiger partial charge in [0.05, 0.1) is 12.8 Å². The fraction of sp³-hybridized carbons (Fsp3) is 0.538. The molecule has 1 fully saturated rings. The Bertz CT molecular complexity index is 553. The summed E-state index contributed by atoms with van der Waals surface area (Å²) in [6.07, 6.45) is 1.75. The van der Waals surface area contributed by atoms with E-state index < -0.39 is 10.0 Å². The lowest BCUT2D eigenvalue weighted by atomic mass is 10.0. The number of sulfonamides is 1. The molecular formula is C13H20N2O4S. The zero-order valence-electron chi connectivity index (χ0n) is 11.5. The van der Waals surface area contributed by atoms with Gasteiger partial charge >= 0.3 is 0 Å². The van der Waals surface area contributed by atoms with E-state index >= 15 is 0 Å². The van der Waals surface area contributed by atoms with Gasteiger partial charge < -0.3 is 15.2 Å². The third-order valence-electron chi connectivity index (χ3n) is 3.41. The summed E-state index contributed by atoms with van der Waals surface area (Å²) in [5, 5.41) is 0. The first kappa shape index (κ1) is 15.1. The third-order valence-corrected chi connectivity index (χ3v) is 4.91. The first-order chi connectivity index (χ1) is 9.53. The van der Waals surface area contributed by atoms with Gasteiger partial charge in [-0.25, -0.2) is 13.1 Å². The van der Waals surface area contributed by atoms with Gasteiger partial charge in [-0.3, -0.25) is 0 Å². The Morgan fingerprint density at radius 1 is 1.40 bits per heavy atom. The molecule has 20 heavy (non-hydrogen) atoms. The van der Waals surface area contributed by atoms with Crippen LogP contribution in [0.2, 0.25) is 0 Å². The van der Waals surface area contributed by atoms with Crippen LogP contribution in [0, 0.1) is 5.92 Å². The summed E-state index contributed by atoms with van der Waals surface area (Å²) in [5.41, 5.74) is 5.96. The van der Waals surface area contributed by atoms with Crippen molar-refractivity contribution in [1.29, 1.82) is 0 Å². The summed E-state index contributed by atoms with van der Waals surface area (Å²) in [5.74, 6) is 0.851. The second kappa shape index (κ2) is 6.43. The number of hydrogen-bond acceptors (Lipinski definition) is 5. The molecule has 0 bridgehead atoms. The van der Waals surface area contributed by atoms with Crippen LogP contribution in [0.5, 0.6) is 5.75 Å². The lowest BCUT2D eigenvalue weighted by molar-refractivity contribution is 0.0678. The highest BCUT2D eigenvalue weighted by Crippen LogP contribution is 2.24. The number of ether oxygens (including phenoxy) is 2. The fourth-order valence-electron chi connectivity index (χ4n) is 2.15. The lowest BCUT2D eigenvalue weighted by Gasteiger charge is -2.22.